The quantitative estimate of drug-likeness (QED) is 0.802. The van der Waals surface area contributed by atoms with Gasteiger partial charge in [-0.15, -0.1) is 0 Å². The van der Waals surface area contributed by atoms with E-state index in [1.165, 1.54) is 0 Å². The first-order chi connectivity index (χ1) is 8.38. The van der Waals surface area contributed by atoms with Crippen LogP contribution in [0.3, 0.4) is 0 Å². The highest BCUT2D eigenvalue weighted by Crippen LogP contribution is 2.32. The standard InChI is InChI=1S/C10H9ClF2O4S/c11-18(14,15)9-4-6(12)3-8(13)10(9)17-7-1-2-16-5-7/h3-4,7H,1-2,5H2. The van der Waals surface area contributed by atoms with E-state index >= 15 is 0 Å². The molecule has 1 aliphatic heterocycles. The number of rotatable bonds is 3. The van der Waals surface area contributed by atoms with E-state index in [0.717, 1.165) is 0 Å². The first kappa shape index (κ1) is 13.5. The lowest BCUT2D eigenvalue weighted by Gasteiger charge is -2.15. The fourth-order valence-corrected chi connectivity index (χ4v) is 2.57. The molecule has 1 fully saturated rings. The molecule has 100 valence electrons. The largest absolute Gasteiger partial charge is 0.483 e. The van der Waals surface area contributed by atoms with Crippen molar-refractivity contribution >= 4 is 19.7 Å². The summed E-state index contributed by atoms with van der Waals surface area (Å²) in [6.07, 6.45) is 0.0283. The van der Waals surface area contributed by atoms with E-state index in [-0.39, 0.29) is 6.61 Å². The minimum Gasteiger partial charge on any atom is -0.483 e. The van der Waals surface area contributed by atoms with Gasteiger partial charge >= 0.3 is 0 Å². The van der Waals surface area contributed by atoms with Gasteiger partial charge in [0.05, 0.1) is 13.2 Å². The van der Waals surface area contributed by atoms with Crippen molar-refractivity contribution in [2.75, 3.05) is 13.2 Å². The van der Waals surface area contributed by atoms with Gasteiger partial charge in [0.2, 0.25) is 0 Å². The van der Waals surface area contributed by atoms with Crippen molar-refractivity contribution in [3.05, 3.63) is 23.8 Å². The van der Waals surface area contributed by atoms with Gasteiger partial charge in [-0.05, 0) is 6.07 Å². The molecule has 1 aromatic rings. The number of benzene rings is 1. The van der Waals surface area contributed by atoms with Gasteiger partial charge in [-0.3, -0.25) is 0 Å². The van der Waals surface area contributed by atoms with Gasteiger partial charge in [-0.1, -0.05) is 0 Å². The van der Waals surface area contributed by atoms with Crippen molar-refractivity contribution in [1.82, 2.24) is 0 Å². The molecule has 1 aliphatic rings. The van der Waals surface area contributed by atoms with E-state index < -0.39 is 37.4 Å². The van der Waals surface area contributed by atoms with Crippen LogP contribution < -0.4 is 4.74 Å². The molecule has 0 radical (unpaired) electrons. The molecule has 0 amide bonds. The monoisotopic (exact) mass is 298 g/mol. The molecular weight excluding hydrogens is 290 g/mol. The molecule has 1 unspecified atom stereocenters. The van der Waals surface area contributed by atoms with E-state index in [2.05, 4.69) is 0 Å². The lowest BCUT2D eigenvalue weighted by atomic mass is 10.3. The Labute approximate surface area is 107 Å². The summed E-state index contributed by atoms with van der Waals surface area (Å²) in [5.41, 5.74) is 0. The van der Waals surface area contributed by atoms with Crippen LogP contribution in [0.2, 0.25) is 0 Å². The molecule has 1 atom stereocenters. The Kier molecular flexibility index (Phi) is 3.74. The SMILES string of the molecule is O=S(=O)(Cl)c1cc(F)cc(F)c1OC1CCOC1. The predicted octanol–water partition coefficient (Wildman–Crippen LogP) is 2.06. The van der Waals surface area contributed by atoms with Crippen LogP contribution in [0.25, 0.3) is 0 Å². The van der Waals surface area contributed by atoms with Crippen LogP contribution in [-0.2, 0) is 13.8 Å². The number of hydrogen-bond donors (Lipinski definition) is 0. The molecule has 18 heavy (non-hydrogen) atoms. The minimum absolute atomic E-state index is 0.221. The van der Waals surface area contributed by atoms with Crippen LogP contribution in [0.4, 0.5) is 8.78 Å². The molecule has 0 spiro atoms. The summed E-state index contributed by atoms with van der Waals surface area (Å²) < 4.78 is 59.3. The molecule has 1 heterocycles. The summed E-state index contributed by atoms with van der Waals surface area (Å²) in [5.74, 6) is -2.72. The van der Waals surface area contributed by atoms with Crippen LogP contribution in [0.15, 0.2) is 17.0 Å². The number of hydrogen-bond acceptors (Lipinski definition) is 4. The highest BCUT2D eigenvalue weighted by molar-refractivity contribution is 8.13. The van der Waals surface area contributed by atoms with Crippen LogP contribution in [0.1, 0.15) is 6.42 Å². The van der Waals surface area contributed by atoms with Crippen molar-refractivity contribution in [3.8, 4) is 5.75 Å². The van der Waals surface area contributed by atoms with Crippen LogP contribution >= 0.6 is 10.7 Å². The lowest BCUT2D eigenvalue weighted by molar-refractivity contribution is 0.135. The second-order valence-electron chi connectivity index (χ2n) is 3.76. The highest BCUT2D eigenvalue weighted by atomic mass is 35.7. The summed E-state index contributed by atoms with van der Waals surface area (Å²) in [5, 5.41) is 0. The molecule has 0 bridgehead atoms. The summed E-state index contributed by atoms with van der Waals surface area (Å²) in [6, 6.07) is 1.16. The van der Waals surface area contributed by atoms with Gasteiger partial charge in [0.25, 0.3) is 9.05 Å². The molecule has 0 N–H and O–H groups in total. The van der Waals surface area contributed by atoms with Crippen molar-refractivity contribution in [1.29, 1.82) is 0 Å². The Morgan fingerprint density at radius 1 is 1.39 bits per heavy atom. The number of ether oxygens (including phenoxy) is 2. The minimum atomic E-state index is -4.29. The Bertz CT molecular complexity index is 555. The second kappa shape index (κ2) is 4.99. The summed E-state index contributed by atoms with van der Waals surface area (Å²) >= 11 is 0. The maximum absolute atomic E-state index is 13.6. The van der Waals surface area contributed by atoms with Gasteiger partial charge in [0.1, 0.15) is 16.8 Å². The predicted molar refractivity (Wildman–Crippen MR) is 59.2 cm³/mol. The van der Waals surface area contributed by atoms with E-state index in [4.69, 9.17) is 20.2 Å². The maximum atomic E-state index is 13.6. The molecule has 8 heteroatoms. The van der Waals surface area contributed by atoms with Crippen molar-refractivity contribution < 1.29 is 26.7 Å². The van der Waals surface area contributed by atoms with Crippen LogP contribution in [0.5, 0.6) is 5.75 Å². The normalized spacial score (nSPS) is 20.1. The second-order valence-corrected chi connectivity index (χ2v) is 6.29. The zero-order valence-corrected chi connectivity index (χ0v) is 10.6. The Hall–Kier alpha value is -0.920. The zero-order valence-electron chi connectivity index (χ0n) is 9.03. The fraction of sp³-hybridized carbons (Fsp3) is 0.400. The van der Waals surface area contributed by atoms with Crippen molar-refractivity contribution in [2.45, 2.75) is 17.4 Å². The lowest BCUT2D eigenvalue weighted by Crippen LogP contribution is -2.18. The first-order valence-corrected chi connectivity index (χ1v) is 7.37. The molecule has 1 aromatic carbocycles. The van der Waals surface area contributed by atoms with Gasteiger partial charge in [-0.2, -0.15) is 0 Å². The molecular formula is C10H9ClF2O4S. The van der Waals surface area contributed by atoms with Gasteiger partial charge < -0.3 is 9.47 Å². The van der Waals surface area contributed by atoms with E-state index in [0.29, 0.717) is 25.2 Å². The third kappa shape index (κ3) is 2.90. The highest BCUT2D eigenvalue weighted by Gasteiger charge is 2.26. The van der Waals surface area contributed by atoms with E-state index in [1.54, 1.807) is 0 Å². The van der Waals surface area contributed by atoms with Gasteiger partial charge in [-0.25, -0.2) is 17.2 Å². The Balaban J connectivity index is 2.43. The topological polar surface area (TPSA) is 52.6 Å². The summed E-state index contributed by atoms with van der Waals surface area (Å²) in [6.45, 7) is 0.662. The summed E-state index contributed by atoms with van der Waals surface area (Å²) in [4.78, 5) is -0.714. The average molecular weight is 299 g/mol. The number of halogens is 3. The molecule has 0 aliphatic carbocycles. The average Bonchev–Trinajstić information content (AvgIpc) is 2.72. The molecule has 2 rings (SSSR count). The molecule has 0 saturated carbocycles. The van der Waals surface area contributed by atoms with Crippen molar-refractivity contribution in [2.24, 2.45) is 0 Å². The Morgan fingerprint density at radius 2 is 2.11 bits per heavy atom. The van der Waals surface area contributed by atoms with E-state index in [1.807, 2.05) is 0 Å². The smallest absolute Gasteiger partial charge is 0.265 e. The van der Waals surface area contributed by atoms with Gasteiger partial charge in [0.15, 0.2) is 11.6 Å². The van der Waals surface area contributed by atoms with Crippen molar-refractivity contribution in [3.63, 3.8) is 0 Å². The summed E-state index contributed by atoms with van der Waals surface area (Å²) in [7, 11) is 0.827. The molecule has 1 saturated heterocycles. The first-order valence-electron chi connectivity index (χ1n) is 5.06. The molecule has 0 aromatic heterocycles. The third-order valence-electron chi connectivity index (χ3n) is 2.41. The van der Waals surface area contributed by atoms with Crippen LogP contribution in [0, 0.1) is 11.6 Å². The third-order valence-corrected chi connectivity index (χ3v) is 3.74. The molecule has 4 nitrogen and oxygen atoms in total. The zero-order chi connectivity index (χ0) is 13.3. The van der Waals surface area contributed by atoms with Gasteiger partial charge in [0, 0.05) is 23.2 Å². The maximum Gasteiger partial charge on any atom is 0.265 e. The fourth-order valence-electron chi connectivity index (χ4n) is 1.60. The van der Waals surface area contributed by atoms with E-state index in [9.17, 15) is 17.2 Å². The Morgan fingerprint density at radius 3 is 2.67 bits per heavy atom. The van der Waals surface area contributed by atoms with Crippen LogP contribution in [-0.4, -0.2) is 27.7 Å².